The minimum Gasteiger partial charge on any atom is -0.324 e. The number of carbonyl (C=O) groups excluding carboxylic acids is 2. The predicted molar refractivity (Wildman–Crippen MR) is 127 cm³/mol. The number of nitrogens with zero attached hydrogens (tertiary/aromatic N) is 3. The Bertz CT molecular complexity index is 1110. The van der Waals surface area contributed by atoms with Crippen LogP contribution in [0.1, 0.15) is 15.9 Å². The smallest absolute Gasteiger partial charge is 0.255 e. The van der Waals surface area contributed by atoms with Gasteiger partial charge < -0.3 is 20.9 Å². The first kappa shape index (κ1) is 22.6. The van der Waals surface area contributed by atoms with E-state index >= 15 is 0 Å². The van der Waals surface area contributed by atoms with Crippen molar-refractivity contribution in [1.82, 2.24) is 14.9 Å². The molecule has 2 amide bonds. The Morgan fingerprint density at radius 2 is 1.72 bits per heavy atom. The predicted octanol–water partition coefficient (Wildman–Crippen LogP) is 3.84. The molecule has 3 rings (SSSR count). The van der Waals surface area contributed by atoms with Crippen molar-refractivity contribution in [3.8, 4) is 0 Å². The second-order valence-corrected chi connectivity index (χ2v) is 7.42. The Morgan fingerprint density at radius 1 is 0.969 bits per heavy atom. The molecule has 3 aromatic rings. The Morgan fingerprint density at radius 3 is 2.44 bits per heavy atom. The first-order valence-corrected chi connectivity index (χ1v) is 10.1. The van der Waals surface area contributed by atoms with Crippen molar-refractivity contribution in [2.75, 3.05) is 36.6 Å². The van der Waals surface area contributed by atoms with Gasteiger partial charge in [0, 0.05) is 47.6 Å². The number of hydrogen-bond acceptors (Lipinski definition) is 6. The number of rotatable bonds is 8. The molecule has 0 aliphatic rings. The first-order chi connectivity index (χ1) is 15.4. The van der Waals surface area contributed by atoms with Crippen LogP contribution in [-0.4, -0.2) is 47.3 Å². The fraction of sp³-hybridized carbons (Fsp3) is 0.167. The molecule has 8 heteroatoms. The summed E-state index contributed by atoms with van der Waals surface area (Å²) in [5, 5.41) is 8.80. The maximum Gasteiger partial charge on any atom is 0.255 e. The zero-order valence-corrected chi connectivity index (χ0v) is 18.3. The average Bonchev–Trinajstić information content (AvgIpc) is 2.76. The lowest BCUT2D eigenvalue weighted by Crippen LogP contribution is -2.14. The van der Waals surface area contributed by atoms with Gasteiger partial charge in [-0.15, -0.1) is 0 Å². The van der Waals surface area contributed by atoms with Gasteiger partial charge in [0.05, 0.1) is 0 Å². The van der Waals surface area contributed by atoms with Gasteiger partial charge in [0.1, 0.15) is 0 Å². The van der Waals surface area contributed by atoms with Crippen LogP contribution in [0.3, 0.4) is 0 Å². The summed E-state index contributed by atoms with van der Waals surface area (Å²) >= 11 is 0. The van der Waals surface area contributed by atoms with Gasteiger partial charge in [0.15, 0.2) is 0 Å². The molecule has 0 aliphatic carbocycles. The minimum absolute atomic E-state index is 0.245. The van der Waals surface area contributed by atoms with E-state index in [4.69, 9.17) is 0 Å². The summed E-state index contributed by atoms with van der Waals surface area (Å²) in [4.78, 5) is 35.0. The van der Waals surface area contributed by atoms with Gasteiger partial charge in [-0.1, -0.05) is 12.1 Å². The van der Waals surface area contributed by atoms with Crippen LogP contribution in [0.5, 0.6) is 0 Å². The zero-order chi connectivity index (χ0) is 22.9. The van der Waals surface area contributed by atoms with E-state index in [1.54, 1.807) is 54.9 Å². The van der Waals surface area contributed by atoms with Crippen molar-refractivity contribution in [3.05, 3.63) is 84.2 Å². The summed E-state index contributed by atoms with van der Waals surface area (Å²) in [6.07, 6.45) is 6.58. The minimum atomic E-state index is -0.268. The lowest BCUT2D eigenvalue weighted by molar-refractivity contribution is -0.111. The number of amides is 2. The zero-order valence-electron chi connectivity index (χ0n) is 18.3. The highest BCUT2D eigenvalue weighted by molar-refractivity contribution is 6.06. The van der Waals surface area contributed by atoms with E-state index < -0.39 is 0 Å². The molecule has 0 bridgehead atoms. The fourth-order valence-electron chi connectivity index (χ4n) is 2.86. The molecule has 0 saturated heterocycles. The summed E-state index contributed by atoms with van der Waals surface area (Å²) in [7, 11) is 3.85. The number of nitrogens with one attached hydrogen (secondary N) is 3. The third kappa shape index (κ3) is 6.75. The molecule has 0 fully saturated rings. The maximum absolute atomic E-state index is 12.7. The van der Waals surface area contributed by atoms with Crippen LogP contribution in [0.25, 0.3) is 0 Å². The van der Waals surface area contributed by atoms with E-state index in [2.05, 4.69) is 25.9 Å². The van der Waals surface area contributed by atoms with E-state index in [-0.39, 0.29) is 11.8 Å². The molecular weight excluding hydrogens is 404 g/mol. The van der Waals surface area contributed by atoms with Gasteiger partial charge in [0.2, 0.25) is 11.9 Å². The molecule has 1 heterocycles. The number of likely N-dealkylation sites (N-methyl/N-ethyl adjacent to an activating group) is 1. The molecule has 2 aromatic carbocycles. The molecule has 164 valence electrons. The Hall–Kier alpha value is -4.04. The topological polar surface area (TPSA) is 99.2 Å². The van der Waals surface area contributed by atoms with Crippen molar-refractivity contribution in [2.24, 2.45) is 0 Å². The third-order valence-corrected chi connectivity index (χ3v) is 4.43. The first-order valence-electron chi connectivity index (χ1n) is 10.1. The Labute approximate surface area is 187 Å². The van der Waals surface area contributed by atoms with Crippen molar-refractivity contribution in [1.29, 1.82) is 0 Å². The van der Waals surface area contributed by atoms with E-state index in [0.717, 1.165) is 11.3 Å². The number of aryl methyl sites for hydroxylation is 1. The van der Waals surface area contributed by atoms with Crippen LogP contribution in [0.15, 0.2) is 73.1 Å². The molecule has 8 nitrogen and oxygen atoms in total. The molecule has 0 unspecified atom stereocenters. The summed E-state index contributed by atoms with van der Waals surface area (Å²) in [6, 6.07) is 14.1. The van der Waals surface area contributed by atoms with Crippen molar-refractivity contribution < 1.29 is 9.59 Å². The fourth-order valence-corrected chi connectivity index (χ4v) is 2.86. The molecule has 1 aromatic heterocycles. The van der Waals surface area contributed by atoms with Gasteiger partial charge in [-0.25, -0.2) is 9.97 Å². The maximum atomic E-state index is 12.7. The Kier molecular flexibility index (Phi) is 7.66. The normalized spacial score (nSPS) is 10.9. The number of carbonyl (C=O) groups is 2. The lowest BCUT2D eigenvalue weighted by Gasteiger charge is -2.11. The highest BCUT2D eigenvalue weighted by atomic mass is 16.2. The van der Waals surface area contributed by atoms with Gasteiger partial charge >= 0.3 is 0 Å². The molecule has 3 N–H and O–H groups in total. The monoisotopic (exact) mass is 430 g/mol. The number of aromatic nitrogens is 2. The SMILES string of the molecule is Cc1cc(NC(=O)c2cccc(NC(=O)/C=C/CN(C)C)c2)ccc1Nc1ncccn1. The van der Waals surface area contributed by atoms with Crippen molar-refractivity contribution in [2.45, 2.75) is 6.92 Å². The molecule has 0 aliphatic heterocycles. The van der Waals surface area contributed by atoms with E-state index in [9.17, 15) is 9.59 Å². The number of hydrogen-bond donors (Lipinski definition) is 3. The largest absolute Gasteiger partial charge is 0.324 e. The standard InChI is InChI=1S/C24H26N6O2/c1-17-15-20(10-11-21(17)29-24-25-12-6-13-26-24)28-23(32)18-7-4-8-19(16-18)27-22(31)9-5-14-30(2)3/h4-13,15-16H,14H2,1-3H3,(H,27,31)(H,28,32)(H,25,26,29)/b9-5+. The number of anilines is 4. The Balaban J connectivity index is 1.63. The summed E-state index contributed by atoms with van der Waals surface area (Å²) in [5.74, 6) is -0.0101. The summed E-state index contributed by atoms with van der Waals surface area (Å²) in [6.45, 7) is 2.60. The highest BCUT2D eigenvalue weighted by Gasteiger charge is 2.09. The van der Waals surface area contributed by atoms with Crippen LogP contribution in [0, 0.1) is 6.92 Å². The van der Waals surface area contributed by atoms with E-state index in [1.165, 1.54) is 6.08 Å². The molecular formula is C24H26N6O2. The molecule has 0 atom stereocenters. The second-order valence-electron chi connectivity index (χ2n) is 7.42. The van der Waals surface area contributed by atoms with E-state index in [1.807, 2.05) is 38.1 Å². The molecule has 32 heavy (non-hydrogen) atoms. The van der Waals surface area contributed by atoms with Crippen LogP contribution < -0.4 is 16.0 Å². The van der Waals surface area contributed by atoms with Crippen LogP contribution in [0.2, 0.25) is 0 Å². The summed E-state index contributed by atoms with van der Waals surface area (Å²) in [5.41, 5.74) is 3.43. The summed E-state index contributed by atoms with van der Waals surface area (Å²) < 4.78 is 0. The molecule has 0 spiro atoms. The highest BCUT2D eigenvalue weighted by Crippen LogP contribution is 2.22. The van der Waals surface area contributed by atoms with Crippen LogP contribution in [0.4, 0.5) is 23.0 Å². The van der Waals surface area contributed by atoms with Crippen LogP contribution >= 0.6 is 0 Å². The lowest BCUT2D eigenvalue weighted by atomic mass is 10.1. The van der Waals surface area contributed by atoms with Gasteiger partial charge in [-0.2, -0.15) is 0 Å². The molecule has 0 radical (unpaired) electrons. The van der Waals surface area contributed by atoms with Crippen molar-refractivity contribution in [3.63, 3.8) is 0 Å². The van der Waals surface area contributed by atoms with Gasteiger partial charge in [-0.3, -0.25) is 9.59 Å². The second kappa shape index (κ2) is 10.8. The molecule has 0 saturated carbocycles. The van der Waals surface area contributed by atoms with Crippen molar-refractivity contribution >= 4 is 34.8 Å². The quantitative estimate of drug-likeness (QED) is 0.470. The van der Waals surface area contributed by atoms with E-state index in [0.29, 0.717) is 29.4 Å². The third-order valence-electron chi connectivity index (χ3n) is 4.43. The number of benzene rings is 2. The van der Waals surface area contributed by atoms with Gasteiger partial charge in [-0.05, 0) is 69.0 Å². The van der Waals surface area contributed by atoms with Gasteiger partial charge in [0.25, 0.3) is 5.91 Å². The average molecular weight is 431 g/mol. The van der Waals surface area contributed by atoms with Crippen LogP contribution in [-0.2, 0) is 4.79 Å².